The molecule has 3 aliphatic rings. The van der Waals surface area contributed by atoms with Gasteiger partial charge in [0.25, 0.3) is 0 Å². The summed E-state index contributed by atoms with van der Waals surface area (Å²) >= 11 is 0. The molecule has 0 radical (unpaired) electrons. The van der Waals surface area contributed by atoms with E-state index in [-0.39, 0.29) is 22.6 Å². The van der Waals surface area contributed by atoms with Crippen molar-refractivity contribution in [3.63, 3.8) is 0 Å². The maximum Gasteiger partial charge on any atom is 0.534 e. The summed E-state index contributed by atoms with van der Waals surface area (Å²) in [6.45, 7) is 13.8. The second kappa shape index (κ2) is 8.79. The van der Waals surface area contributed by atoms with E-state index in [0.717, 1.165) is 6.42 Å². The van der Waals surface area contributed by atoms with Crippen molar-refractivity contribution in [3.05, 3.63) is 11.8 Å². The highest BCUT2D eigenvalue weighted by atomic mass is 32.2. The highest BCUT2D eigenvalue weighted by Gasteiger charge is 2.68. The van der Waals surface area contributed by atoms with Gasteiger partial charge in [-0.3, -0.25) is 0 Å². The smallest absolute Gasteiger partial charge is 0.417 e. The molecular weight excluding hydrogens is 477 g/mol. The van der Waals surface area contributed by atoms with Crippen LogP contribution in [0, 0.1) is 17.3 Å². The third kappa shape index (κ3) is 4.77. The normalized spacial score (nSPS) is 30.4. The van der Waals surface area contributed by atoms with Gasteiger partial charge < -0.3 is 18.1 Å². The van der Waals surface area contributed by atoms with Crippen molar-refractivity contribution < 1.29 is 39.7 Å². The Morgan fingerprint density at radius 1 is 1.18 bits per heavy atom. The van der Waals surface area contributed by atoms with Gasteiger partial charge in [-0.1, -0.05) is 27.7 Å². The minimum absolute atomic E-state index is 0.0231. The Labute approximate surface area is 196 Å². The number of ether oxygens (including phenoxy) is 2. The largest absolute Gasteiger partial charge is 0.534 e. The topological polar surface area (TPSA) is 71.1 Å². The molecule has 33 heavy (non-hydrogen) atoms. The van der Waals surface area contributed by atoms with E-state index in [2.05, 4.69) is 40.8 Å². The Bertz CT molecular complexity index is 858. The van der Waals surface area contributed by atoms with Crippen molar-refractivity contribution in [2.75, 3.05) is 19.8 Å². The lowest BCUT2D eigenvalue weighted by Gasteiger charge is -2.54. The number of rotatable bonds is 7. The molecule has 1 aliphatic heterocycles. The fourth-order valence-corrected chi connectivity index (χ4v) is 6.99. The average Bonchev–Trinajstić information content (AvgIpc) is 3.24. The zero-order valence-corrected chi connectivity index (χ0v) is 22.2. The minimum atomic E-state index is -5.81. The molecule has 11 heteroatoms. The molecule has 0 bridgehead atoms. The molecule has 2 aliphatic carbocycles. The first-order valence-electron chi connectivity index (χ1n) is 11.6. The summed E-state index contributed by atoms with van der Waals surface area (Å²) in [4.78, 5) is 0. The molecular formula is C22H37F3O6SSi. The van der Waals surface area contributed by atoms with E-state index in [0.29, 0.717) is 45.5 Å². The Morgan fingerprint density at radius 2 is 1.79 bits per heavy atom. The highest BCUT2D eigenvalue weighted by Crippen LogP contribution is 2.64. The van der Waals surface area contributed by atoms with Gasteiger partial charge in [0, 0.05) is 13.0 Å². The highest BCUT2D eigenvalue weighted by molar-refractivity contribution is 7.87. The molecule has 6 nitrogen and oxygen atoms in total. The van der Waals surface area contributed by atoms with Gasteiger partial charge in [-0.05, 0) is 61.7 Å². The van der Waals surface area contributed by atoms with Crippen LogP contribution in [0.3, 0.4) is 0 Å². The summed E-state index contributed by atoms with van der Waals surface area (Å²) in [6.07, 6.45) is 4.00. The first-order chi connectivity index (χ1) is 15.0. The van der Waals surface area contributed by atoms with Gasteiger partial charge in [0.2, 0.25) is 0 Å². The zero-order valence-electron chi connectivity index (χ0n) is 20.4. The van der Waals surface area contributed by atoms with Crippen LogP contribution in [-0.4, -0.2) is 47.9 Å². The number of hydrogen-bond acceptors (Lipinski definition) is 6. The quantitative estimate of drug-likeness (QED) is 0.187. The van der Waals surface area contributed by atoms with Crippen molar-refractivity contribution in [1.82, 2.24) is 0 Å². The first kappa shape index (κ1) is 27.0. The number of hydrogen-bond donors (Lipinski definition) is 0. The van der Waals surface area contributed by atoms with E-state index in [9.17, 15) is 21.6 Å². The van der Waals surface area contributed by atoms with E-state index in [4.69, 9.17) is 18.1 Å². The van der Waals surface area contributed by atoms with Crippen LogP contribution in [0.5, 0.6) is 0 Å². The third-order valence-corrected chi connectivity index (χ3v) is 13.4. The van der Waals surface area contributed by atoms with Crippen molar-refractivity contribution in [3.8, 4) is 0 Å². The Morgan fingerprint density at radius 3 is 2.33 bits per heavy atom. The summed E-state index contributed by atoms with van der Waals surface area (Å²) in [5, 5.41) is 0.0231. The second-order valence-electron chi connectivity index (χ2n) is 11.2. The fraction of sp³-hybridized carbons (Fsp3) is 0.909. The van der Waals surface area contributed by atoms with Gasteiger partial charge in [-0.15, -0.1) is 0 Å². The van der Waals surface area contributed by atoms with E-state index >= 15 is 0 Å². The van der Waals surface area contributed by atoms with Crippen LogP contribution < -0.4 is 0 Å². The number of allylic oxidation sites excluding steroid dienone is 1. The number of alkyl halides is 3. The molecule has 0 N–H and O–H groups in total. The summed E-state index contributed by atoms with van der Waals surface area (Å²) in [6, 6.07) is 0. The van der Waals surface area contributed by atoms with Crippen LogP contribution in [0.25, 0.3) is 0 Å². The van der Waals surface area contributed by atoms with E-state index in [1.165, 1.54) is 6.08 Å². The maximum absolute atomic E-state index is 13.2. The maximum atomic E-state index is 13.2. The van der Waals surface area contributed by atoms with Crippen LogP contribution in [-0.2, 0) is 28.2 Å². The third-order valence-electron chi connectivity index (χ3n) is 7.93. The molecule has 0 unspecified atom stereocenters. The molecule has 0 aromatic rings. The molecule has 2 fully saturated rings. The molecule has 0 amide bonds. The number of halogens is 3. The standard InChI is InChI=1S/C22H37F3O6SSi/c1-16-14-17-8-9-18(31-32(26,27)22(23,24)25)20(17,21(15-16)28-12-13-29-21)10-7-11-30-33(5,6)19(2,3)4/h9,16-17H,7-8,10-15H2,1-6H3/t16-,17-,20+/m1/s1. The van der Waals surface area contributed by atoms with E-state index in [1.54, 1.807) is 0 Å². The Balaban J connectivity index is 1.91. The van der Waals surface area contributed by atoms with Gasteiger partial charge >= 0.3 is 15.6 Å². The molecule has 192 valence electrons. The SMILES string of the molecule is C[C@@H]1C[C@H]2CC=C(OS(=O)(=O)C(F)(F)F)[C@@]2(CCCO[Si](C)(C)C(C)(C)C)C2(C1)OCCO2. The average molecular weight is 515 g/mol. The van der Waals surface area contributed by atoms with Gasteiger partial charge in [0.05, 0.1) is 18.6 Å². The lowest BCUT2D eigenvalue weighted by atomic mass is 9.58. The summed E-state index contributed by atoms with van der Waals surface area (Å²) < 4.78 is 86.9. The van der Waals surface area contributed by atoms with Gasteiger partial charge in [0.1, 0.15) is 5.76 Å². The lowest BCUT2D eigenvalue weighted by molar-refractivity contribution is -0.274. The van der Waals surface area contributed by atoms with Gasteiger partial charge in [0.15, 0.2) is 14.1 Å². The Kier molecular flexibility index (Phi) is 7.19. The van der Waals surface area contributed by atoms with Crippen molar-refractivity contribution in [2.24, 2.45) is 17.3 Å². The van der Waals surface area contributed by atoms with Crippen LogP contribution in [0.4, 0.5) is 13.2 Å². The van der Waals surface area contributed by atoms with Gasteiger partial charge in [-0.25, -0.2) is 0 Å². The monoisotopic (exact) mass is 514 g/mol. The minimum Gasteiger partial charge on any atom is -0.417 e. The Hall–Kier alpha value is -0.623. The molecule has 0 aromatic carbocycles. The molecule has 1 spiro atoms. The van der Waals surface area contributed by atoms with Crippen LogP contribution in [0.1, 0.15) is 59.8 Å². The summed E-state index contributed by atoms with van der Waals surface area (Å²) in [7, 11) is -7.82. The van der Waals surface area contributed by atoms with Crippen molar-refractivity contribution in [1.29, 1.82) is 0 Å². The fourth-order valence-electron chi connectivity index (χ4n) is 5.36. The summed E-state index contributed by atoms with van der Waals surface area (Å²) in [5.74, 6) is -1.30. The van der Waals surface area contributed by atoms with Crippen LogP contribution in [0.15, 0.2) is 11.8 Å². The predicted molar refractivity (Wildman–Crippen MR) is 120 cm³/mol. The molecule has 1 saturated heterocycles. The molecule has 1 heterocycles. The van der Waals surface area contributed by atoms with E-state index in [1.807, 2.05) is 0 Å². The van der Waals surface area contributed by atoms with Crippen LogP contribution in [0.2, 0.25) is 18.1 Å². The predicted octanol–water partition coefficient (Wildman–Crippen LogP) is 5.72. The zero-order chi connectivity index (χ0) is 24.9. The molecule has 3 rings (SSSR count). The first-order valence-corrected chi connectivity index (χ1v) is 15.9. The van der Waals surface area contributed by atoms with Crippen molar-refractivity contribution >= 4 is 18.4 Å². The second-order valence-corrected chi connectivity index (χ2v) is 17.5. The van der Waals surface area contributed by atoms with Crippen LogP contribution >= 0.6 is 0 Å². The summed E-state index contributed by atoms with van der Waals surface area (Å²) in [5.41, 5.74) is -6.61. The number of fused-ring (bicyclic) bond motifs is 2. The van der Waals surface area contributed by atoms with Gasteiger partial charge in [-0.2, -0.15) is 21.6 Å². The molecule has 0 aromatic heterocycles. The van der Waals surface area contributed by atoms with E-state index < -0.39 is 35.1 Å². The van der Waals surface area contributed by atoms with Crippen molar-refractivity contribution in [2.45, 2.75) is 89.2 Å². The lowest BCUT2D eigenvalue weighted by Crippen LogP contribution is -2.58. The molecule has 1 saturated carbocycles. The molecule has 3 atom stereocenters.